The summed E-state index contributed by atoms with van der Waals surface area (Å²) in [7, 11) is 1.60. The van der Waals surface area contributed by atoms with Gasteiger partial charge in [-0.2, -0.15) is 0 Å². The Morgan fingerprint density at radius 1 is 1.64 bits per heavy atom. The van der Waals surface area contributed by atoms with Crippen LogP contribution < -0.4 is 5.32 Å². The van der Waals surface area contributed by atoms with Crippen molar-refractivity contribution in [2.45, 2.75) is 19.4 Å². The summed E-state index contributed by atoms with van der Waals surface area (Å²) < 4.78 is 0. The van der Waals surface area contributed by atoms with E-state index in [1.165, 1.54) is 0 Å². The van der Waals surface area contributed by atoms with E-state index >= 15 is 0 Å². The topological polar surface area (TPSA) is 69.6 Å². The van der Waals surface area contributed by atoms with Crippen LogP contribution in [-0.2, 0) is 4.79 Å². The second-order valence-electron chi connectivity index (χ2n) is 2.70. The minimum Gasteiger partial charge on any atom is -0.480 e. The van der Waals surface area contributed by atoms with E-state index in [0.717, 1.165) is 0 Å². The number of nitrogens with one attached hydrogen (secondary N) is 1. The second-order valence-corrected chi connectivity index (χ2v) is 2.70. The lowest BCUT2D eigenvalue weighted by molar-refractivity contribution is -0.139. The average Bonchev–Trinajstić information content (AvgIpc) is 1.99. The van der Waals surface area contributed by atoms with Gasteiger partial charge in [-0.15, -0.1) is 0 Å². The standard InChI is InChI=1S/C7H15NO3/c1-5(4-9)3-6(8-2)7(10)11/h5-6,8-9H,3-4H2,1-2H3,(H,10,11)/t5-,6+/m1/s1. The zero-order chi connectivity index (χ0) is 8.85. The van der Waals surface area contributed by atoms with Crippen LogP contribution in [0.4, 0.5) is 0 Å². The monoisotopic (exact) mass is 161 g/mol. The van der Waals surface area contributed by atoms with Gasteiger partial charge in [0.2, 0.25) is 0 Å². The SMILES string of the molecule is CN[C@@H](C[C@@H](C)CO)C(=O)O. The quantitative estimate of drug-likeness (QED) is 0.516. The molecular weight excluding hydrogens is 146 g/mol. The number of rotatable bonds is 5. The van der Waals surface area contributed by atoms with Crippen LogP contribution in [-0.4, -0.2) is 35.9 Å². The number of hydrogen-bond acceptors (Lipinski definition) is 3. The van der Waals surface area contributed by atoms with Crippen molar-refractivity contribution in [3.05, 3.63) is 0 Å². The first-order valence-electron chi connectivity index (χ1n) is 3.62. The molecule has 0 aliphatic rings. The van der Waals surface area contributed by atoms with Crippen LogP contribution in [0.2, 0.25) is 0 Å². The van der Waals surface area contributed by atoms with Crippen molar-refractivity contribution in [3.8, 4) is 0 Å². The normalized spacial score (nSPS) is 15.9. The maximum absolute atomic E-state index is 10.4. The molecular formula is C7H15NO3. The van der Waals surface area contributed by atoms with Crippen molar-refractivity contribution >= 4 is 5.97 Å². The van der Waals surface area contributed by atoms with Crippen LogP contribution in [0.3, 0.4) is 0 Å². The summed E-state index contributed by atoms with van der Waals surface area (Å²) in [6.45, 7) is 1.85. The minimum absolute atomic E-state index is 0.0311. The van der Waals surface area contributed by atoms with Crippen LogP contribution in [0.25, 0.3) is 0 Å². The van der Waals surface area contributed by atoms with E-state index in [1.54, 1.807) is 7.05 Å². The largest absolute Gasteiger partial charge is 0.480 e. The molecule has 0 aliphatic heterocycles. The van der Waals surface area contributed by atoms with Gasteiger partial charge in [-0.1, -0.05) is 6.92 Å². The molecule has 0 aromatic carbocycles. The van der Waals surface area contributed by atoms with Gasteiger partial charge >= 0.3 is 5.97 Å². The zero-order valence-electron chi connectivity index (χ0n) is 6.87. The van der Waals surface area contributed by atoms with Crippen LogP contribution in [0.15, 0.2) is 0 Å². The minimum atomic E-state index is -0.868. The van der Waals surface area contributed by atoms with Gasteiger partial charge in [0, 0.05) is 6.61 Å². The summed E-state index contributed by atoms with van der Waals surface area (Å²) in [6, 6.07) is -0.544. The molecule has 0 amide bonds. The molecule has 4 nitrogen and oxygen atoms in total. The third kappa shape index (κ3) is 3.95. The number of likely N-dealkylation sites (N-methyl/N-ethyl adjacent to an activating group) is 1. The van der Waals surface area contributed by atoms with Crippen molar-refractivity contribution in [3.63, 3.8) is 0 Å². The van der Waals surface area contributed by atoms with E-state index in [1.807, 2.05) is 6.92 Å². The highest BCUT2D eigenvalue weighted by Gasteiger charge is 2.17. The third-order valence-corrected chi connectivity index (χ3v) is 1.60. The number of aliphatic carboxylic acids is 1. The van der Waals surface area contributed by atoms with E-state index in [-0.39, 0.29) is 12.5 Å². The number of aliphatic hydroxyl groups excluding tert-OH is 1. The Kier molecular flexibility index (Phi) is 4.81. The lowest BCUT2D eigenvalue weighted by Crippen LogP contribution is -2.35. The summed E-state index contributed by atoms with van der Waals surface area (Å²) in [5, 5.41) is 19.9. The second kappa shape index (κ2) is 5.09. The molecule has 0 aromatic heterocycles. The van der Waals surface area contributed by atoms with Crippen molar-refractivity contribution in [2.24, 2.45) is 5.92 Å². The Morgan fingerprint density at radius 3 is 2.45 bits per heavy atom. The van der Waals surface area contributed by atoms with Gasteiger partial charge in [-0.25, -0.2) is 0 Å². The van der Waals surface area contributed by atoms with E-state index < -0.39 is 12.0 Å². The molecule has 0 spiro atoms. The van der Waals surface area contributed by atoms with Gasteiger partial charge in [0.15, 0.2) is 0 Å². The summed E-state index contributed by atoms with van der Waals surface area (Å²) >= 11 is 0. The van der Waals surface area contributed by atoms with Crippen molar-refractivity contribution in [2.75, 3.05) is 13.7 Å². The highest BCUT2D eigenvalue weighted by molar-refractivity contribution is 5.73. The highest BCUT2D eigenvalue weighted by Crippen LogP contribution is 2.04. The summed E-state index contributed by atoms with van der Waals surface area (Å²) in [5.41, 5.74) is 0. The van der Waals surface area contributed by atoms with Gasteiger partial charge < -0.3 is 15.5 Å². The fraction of sp³-hybridized carbons (Fsp3) is 0.857. The van der Waals surface area contributed by atoms with Crippen molar-refractivity contribution < 1.29 is 15.0 Å². The van der Waals surface area contributed by atoms with Crippen molar-refractivity contribution in [1.29, 1.82) is 0 Å². The molecule has 0 unspecified atom stereocenters. The van der Waals surface area contributed by atoms with Crippen LogP contribution in [0.5, 0.6) is 0 Å². The maximum Gasteiger partial charge on any atom is 0.320 e. The Hall–Kier alpha value is -0.610. The van der Waals surface area contributed by atoms with Gasteiger partial charge in [0.05, 0.1) is 0 Å². The van der Waals surface area contributed by atoms with Gasteiger partial charge in [0.25, 0.3) is 0 Å². The predicted molar refractivity (Wildman–Crippen MR) is 41.4 cm³/mol. The lowest BCUT2D eigenvalue weighted by Gasteiger charge is -2.14. The molecule has 0 fully saturated rings. The Balaban J connectivity index is 3.77. The molecule has 2 atom stereocenters. The van der Waals surface area contributed by atoms with Gasteiger partial charge in [-0.05, 0) is 19.4 Å². The molecule has 66 valence electrons. The van der Waals surface area contributed by atoms with E-state index in [9.17, 15) is 4.79 Å². The molecule has 4 heteroatoms. The van der Waals surface area contributed by atoms with E-state index in [2.05, 4.69) is 5.32 Å². The van der Waals surface area contributed by atoms with Crippen LogP contribution in [0, 0.1) is 5.92 Å². The third-order valence-electron chi connectivity index (χ3n) is 1.60. The average molecular weight is 161 g/mol. The number of carboxylic acid groups (broad SMARTS) is 1. The van der Waals surface area contributed by atoms with E-state index in [0.29, 0.717) is 6.42 Å². The Labute approximate surface area is 66.2 Å². The van der Waals surface area contributed by atoms with Crippen LogP contribution >= 0.6 is 0 Å². The molecule has 0 saturated heterocycles. The fourth-order valence-corrected chi connectivity index (χ4v) is 0.819. The smallest absolute Gasteiger partial charge is 0.320 e. The molecule has 0 saturated carbocycles. The Morgan fingerprint density at radius 2 is 2.18 bits per heavy atom. The first-order valence-corrected chi connectivity index (χ1v) is 3.62. The summed E-state index contributed by atoms with van der Waals surface area (Å²) in [6.07, 6.45) is 0.461. The molecule has 0 heterocycles. The van der Waals surface area contributed by atoms with Gasteiger partial charge in [0.1, 0.15) is 6.04 Å². The number of hydrogen-bond donors (Lipinski definition) is 3. The maximum atomic E-state index is 10.4. The highest BCUT2D eigenvalue weighted by atomic mass is 16.4. The van der Waals surface area contributed by atoms with Crippen molar-refractivity contribution in [1.82, 2.24) is 5.32 Å². The fourth-order valence-electron chi connectivity index (χ4n) is 0.819. The van der Waals surface area contributed by atoms with E-state index in [4.69, 9.17) is 10.2 Å². The molecule has 0 aliphatic carbocycles. The summed E-state index contributed by atoms with van der Waals surface area (Å²) in [5.74, 6) is -0.837. The molecule has 11 heavy (non-hydrogen) atoms. The number of carboxylic acids is 1. The molecule has 0 rings (SSSR count). The number of carbonyl (C=O) groups is 1. The molecule has 0 bridgehead atoms. The number of aliphatic hydroxyl groups is 1. The Bertz CT molecular complexity index is 127. The molecule has 0 radical (unpaired) electrons. The van der Waals surface area contributed by atoms with Crippen LogP contribution in [0.1, 0.15) is 13.3 Å². The molecule has 3 N–H and O–H groups in total. The lowest BCUT2D eigenvalue weighted by atomic mass is 10.0. The molecule has 0 aromatic rings. The van der Waals surface area contributed by atoms with Gasteiger partial charge in [-0.3, -0.25) is 4.79 Å². The summed E-state index contributed by atoms with van der Waals surface area (Å²) in [4.78, 5) is 10.4. The first kappa shape index (κ1) is 10.4. The predicted octanol–water partition coefficient (Wildman–Crippen LogP) is -0.323. The zero-order valence-corrected chi connectivity index (χ0v) is 6.87. The first-order chi connectivity index (χ1) is 5.11.